The average molecular weight is 352 g/mol. The molecule has 3 nitrogen and oxygen atoms in total. The van der Waals surface area contributed by atoms with E-state index in [1.165, 1.54) is 11.1 Å². The van der Waals surface area contributed by atoms with E-state index in [0.29, 0.717) is 17.1 Å². The number of amides is 1. The highest BCUT2D eigenvalue weighted by atomic mass is 35.5. The van der Waals surface area contributed by atoms with Crippen molar-refractivity contribution in [3.8, 4) is 16.9 Å². The van der Waals surface area contributed by atoms with Crippen LogP contribution in [-0.2, 0) is 11.2 Å². The summed E-state index contributed by atoms with van der Waals surface area (Å²) in [5.41, 5.74) is 6.39. The zero-order valence-electron chi connectivity index (χ0n) is 13.9. The largest absolute Gasteiger partial charge is 0.497 e. The van der Waals surface area contributed by atoms with E-state index in [2.05, 4.69) is 5.32 Å². The van der Waals surface area contributed by atoms with Gasteiger partial charge in [0.1, 0.15) is 5.75 Å². The summed E-state index contributed by atoms with van der Waals surface area (Å²) in [6, 6.07) is 11.9. The van der Waals surface area contributed by atoms with Gasteiger partial charge in [-0.3, -0.25) is 4.79 Å². The number of benzene rings is 2. The van der Waals surface area contributed by atoms with Gasteiger partial charge in [0, 0.05) is 17.1 Å². The predicted molar refractivity (Wildman–Crippen MR) is 101 cm³/mol. The molecule has 0 saturated carbocycles. The molecular formula is C21H18ClNO2. The molecule has 0 aromatic heterocycles. The molecule has 0 fully saturated rings. The van der Waals surface area contributed by atoms with E-state index in [0.717, 1.165) is 35.3 Å². The molecule has 1 heterocycles. The second-order valence-electron chi connectivity index (χ2n) is 6.33. The van der Waals surface area contributed by atoms with Crippen LogP contribution in [0.1, 0.15) is 17.5 Å². The molecule has 1 N–H and O–H groups in total. The highest BCUT2D eigenvalue weighted by Gasteiger charge is 2.21. The van der Waals surface area contributed by atoms with Crippen LogP contribution in [0, 0.1) is 0 Å². The minimum absolute atomic E-state index is 0.0196. The predicted octanol–water partition coefficient (Wildman–Crippen LogP) is 4.40. The van der Waals surface area contributed by atoms with Gasteiger partial charge in [-0.25, -0.2) is 0 Å². The van der Waals surface area contributed by atoms with Crippen LogP contribution in [0.2, 0.25) is 5.02 Å². The maximum absolute atomic E-state index is 12.2. The third-order valence-electron chi connectivity index (χ3n) is 4.72. The van der Waals surface area contributed by atoms with Gasteiger partial charge in [-0.2, -0.15) is 0 Å². The van der Waals surface area contributed by atoms with Crippen LogP contribution >= 0.6 is 11.6 Å². The Balaban J connectivity index is 1.89. The number of ether oxygens (including phenoxy) is 1. The maximum atomic E-state index is 12.2. The number of carbonyl (C=O) groups is 1. The monoisotopic (exact) mass is 351 g/mol. The molecule has 2 aromatic carbocycles. The van der Waals surface area contributed by atoms with Gasteiger partial charge in [0.05, 0.1) is 7.11 Å². The van der Waals surface area contributed by atoms with Crippen molar-refractivity contribution in [1.82, 2.24) is 5.32 Å². The second kappa shape index (κ2) is 6.41. The SMILES string of the molecule is COc1ccc(-c2cc(Cl)cc3c2CC2=CC(=C3)C(=O)NCC2)cc1. The first-order chi connectivity index (χ1) is 12.1. The first kappa shape index (κ1) is 16.0. The molecule has 0 atom stereocenters. The third kappa shape index (κ3) is 3.08. The Morgan fingerprint density at radius 1 is 1.12 bits per heavy atom. The minimum Gasteiger partial charge on any atom is -0.497 e. The Morgan fingerprint density at radius 3 is 2.68 bits per heavy atom. The second-order valence-corrected chi connectivity index (χ2v) is 6.77. The van der Waals surface area contributed by atoms with E-state index in [1.807, 2.05) is 48.6 Å². The first-order valence-electron chi connectivity index (χ1n) is 8.30. The molecule has 1 aliphatic carbocycles. The van der Waals surface area contributed by atoms with Crippen molar-refractivity contribution >= 4 is 23.6 Å². The van der Waals surface area contributed by atoms with Gasteiger partial charge in [0.15, 0.2) is 0 Å². The lowest BCUT2D eigenvalue weighted by molar-refractivity contribution is -0.117. The molecule has 2 aromatic rings. The van der Waals surface area contributed by atoms with E-state index in [1.54, 1.807) is 7.11 Å². The average Bonchev–Trinajstić information content (AvgIpc) is 2.90. The number of rotatable bonds is 2. The van der Waals surface area contributed by atoms with Gasteiger partial charge in [-0.15, -0.1) is 0 Å². The molecule has 2 aliphatic rings. The fraction of sp³-hybridized carbons (Fsp3) is 0.190. The number of halogens is 1. The molecule has 0 radical (unpaired) electrons. The van der Waals surface area contributed by atoms with Crippen molar-refractivity contribution in [3.63, 3.8) is 0 Å². The van der Waals surface area contributed by atoms with Gasteiger partial charge in [-0.1, -0.05) is 29.3 Å². The van der Waals surface area contributed by atoms with Crippen LogP contribution in [0.25, 0.3) is 17.2 Å². The van der Waals surface area contributed by atoms with Crippen molar-refractivity contribution < 1.29 is 9.53 Å². The zero-order valence-corrected chi connectivity index (χ0v) is 14.7. The van der Waals surface area contributed by atoms with Crippen molar-refractivity contribution in [2.75, 3.05) is 13.7 Å². The smallest absolute Gasteiger partial charge is 0.251 e. The van der Waals surface area contributed by atoms with Crippen molar-refractivity contribution in [2.24, 2.45) is 0 Å². The maximum Gasteiger partial charge on any atom is 0.251 e. The van der Waals surface area contributed by atoms with E-state index in [4.69, 9.17) is 16.3 Å². The molecule has 1 aliphatic heterocycles. The molecule has 1 amide bonds. The van der Waals surface area contributed by atoms with Crippen LogP contribution in [0.5, 0.6) is 5.75 Å². The van der Waals surface area contributed by atoms with Crippen LogP contribution in [0.15, 0.2) is 53.6 Å². The molecule has 25 heavy (non-hydrogen) atoms. The van der Waals surface area contributed by atoms with E-state index in [9.17, 15) is 4.79 Å². The fourth-order valence-corrected chi connectivity index (χ4v) is 3.68. The Hall–Kier alpha value is -2.52. The molecule has 0 spiro atoms. The Morgan fingerprint density at radius 2 is 1.92 bits per heavy atom. The van der Waals surface area contributed by atoms with Gasteiger partial charge in [-0.05, 0) is 71.5 Å². The Kier molecular flexibility index (Phi) is 4.10. The summed E-state index contributed by atoms with van der Waals surface area (Å²) in [4.78, 5) is 12.2. The molecule has 0 unspecified atom stereocenters. The third-order valence-corrected chi connectivity index (χ3v) is 4.94. The lowest BCUT2D eigenvalue weighted by Gasteiger charge is -2.16. The number of fused-ring (bicyclic) bond motifs is 2. The van der Waals surface area contributed by atoms with Crippen LogP contribution in [-0.4, -0.2) is 19.6 Å². The normalized spacial score (nSPS) is 16.0. The van der Waals surface area contributed by atoms with Crippen LogP contribution < -0.4 is 10.1 Å². The number of carbonyl (C=O) groups excluding carboxylic acids is 1. The van der Waals surface area contributed by atoms with Gasteiger partial charge in [0.25, 0.3) is 5.91 Å². The highest BCUT2D eigenvalue weighted by Crippen LogP contribution is 2.36. The molecular weight excluding hydrogens is 334 g/mol. The fourth-order valence-electron chi connectivity index (χ4n) is 3.45. The summed E-state index contributed by atoms with van der Waals surface area (Å²) in [6.07, 6.45) is 5.66. The number of hydrogen-bond acceptors (Lipinski definition) is 2. The zero-order chi connectivity index (χ0) is 17.4. The number of hydrogen-bond donors (Lipinski definition) is 1. The summed E-state index contributed by atoms with van der Waals surface area (Å²) in [5.74, 6) is 0.805. The summed E-state index contributed by atoms with van der Waals surface area (Å²) < 4.78 is 5.25. The lowest BCUT2D eigenvalue weighted by Crippen LogP contribution is -2.23. The topological polar surface area (TPSA) is 38.3 Å². The summed E-state index contributed by atoms with van der Waals surface area (Å²) >= 11 is 6.38. The molecule has 4 heteroatoms. The van der Waals surface area contributed by atoms with Crippen molar-refractivity contribution in [3.05, 3.63) is 69.8 Å². The van der Waals surface area contributed by atoms with E-state index in [-0.39, 0.29) is 5.91 Å². The molecule has 2 bridgehead atoms. The van der Waals surface area contributed by atoms with E-state index < -0.39 is 0 Å². The van der Waals surface area contributed by atoms with Gasteiger partial charge in [0.2, 0.25) is 0 Å². The summed E-state index contributed by atoms with van der Waals surface area (Å²) in [6.45, 7) is 0.683. The summed E-state index contributed by atoms with van der Waals surface area (Å²) in [7, 11) is 1.66. The number of nitrogens with one attached hydrogen (secondary N) is 1. The Labute approximate surface area is 152 Å². The Bertz CT molecular complexity index is 910. The first-order valence-corrected chi connectivity index (χ1v) is 8.68. The van der Waals surface area contributed by atoms with E-state index >= 15 is 0 Å². The van der Waals surface area contributed by atoms with Crippen LogP contribution in [0.4, 0.5) is 0 Å². The van der Waals surface area contributed by atoms with Crippen molar-refractivity contribution in [1.29, 1.82) is 0 Å². The van der Waals surface area contributed by atoms with Gasteiger partial charge < -0.3 is 10.1 Å². The van der Waals surface area contributed by atoms with Crippen LogP contribution in [0.3, 0.4) is 0 Å². The highest BCUT2D eigenvalue weighted by molar-refractivity contribution is 6.31. The summed E-state index contributed by atoms with van der Waals surface area (Å²) in [5, 5.41) is 3.61. The minimum atomic E-state index is -0.0196. The standard InChI is InChI=1S/C21H18ClNO2/c1-25-18-4-2-14(3-5-18)20-12-17(22)11-15-10-16-8-13(9-19(15)20)6-7-23-21(16)24/h2-5,8,10-12H,6-7,9H2,1H3,(H,23,24). The van der Waals surface area contributed by atoms with Gasteiger partial charge >= 0.3 is 0 Å². The lowest BCUT2D eigenvalue weighted by atomic mass is 9.91. The number of methoxy groups -OCH3 is 1. The molecule has 0 saturated heterocycles. The molecule has 4 rings (SSSR count). The molecule has 126 valence electrons. The quantitative estimate of drug-likeness (QED) is 0.870. The van der Waals surface area contributed by atoms with Crippen molar-refractivity contribution in [2.45, 2.75) is 12.8 Å².